The molecule has 0 unspecified atom stereocenters. The van der Waals surface area contributed by atoms with Crippen LogP contribution in [0.1, 0.15) is 134 Å². The molecule has 0 saturated heterocycles. The van der Waals surface area contributed by atoms with Gasteiger partial charge in [-0.05, 0) is 41.4 Å². The molecule has 0 radical (unpaired) electrons. The summed E-state index contributed by atoms with van der Waals surface area (Å²) in [6.45, 7) is 14.0. The maximum Gasteiger partial charge on any atom is 0.319 e. The molecule has 0 aliphatic carbocycles. The third kappa shape index (κ3) is 8.98. The average Bonchev–Trinajstić information content (AvgIpc) is 2.87. The lowest BCUT2D eigenvalue weighted by Gasteiger charge is -2.35. The van der Waals surface area contributed by atoms with Gasteiger partial charge in [0, 0.05) is 17.6 Å². The molecule has 3 heteroatoms. The van der Waals surface area contributed by atoms with Crippen LogP contribution in [0.25, 0.3) is 0 Å². The van der Waals surface area contributed by atoms with Gasteiger partial charge in [-0.15, -0.1) is 0 Å². The molecule has 2 aromatic carbocycles. The zero-order valence-electron chi connectivity index (χ0n) is 24.0. The third-order valence-electron chi connectivity index (χ3n) is 7.60. The molecule has 2 N–H and O–H groups in total. The van der Waals surface area contributed by atoms with Crippen molar-refractivity contribution in [1.29, 1.82) is 0 Å². The second-order valence-electron chi connectivity index (χ2n) is 11.2. The molecule has 0 aliphatic rings. The Morgan fingerprint density at radius 1 is 0.722 bits per heavy atom. The fraction of sp³-hybridized carbons (Fsp3) is 0.606. The van der Waals surface area contributed by atoms with Gasteiger partial charge in [0.2, 0.25) is 0 Å². The smallest absolute Gasteiger partial charge is 0.319 e. The highest BCUT2D eigenvalue weighted by Gasteiger charge is 2.32. The largest absolute Gasteiger partial charge is 0.337 e. The van der Waals surface area contributed by atoms with E-state index in [0.717, 1.165) is 18.5 Å². The molecule has 3 nitrogen and oxygen atoms in total. The first-order valence-corrected chi connectivity index (χ1v) is 14.6. The van der Waals surface area contributed by atoms with Crippen LogP contribution < -0.4 is 10.6 Å². The number of benzene rings is 2. The molecule has 0 spiro atoms. The molecule has 0 atom stereocenters. The first-order valence-electron chi connectivity index (χ1n) is 14.6. The number of carbonyl (C=O) groups is 1. The minimum atomic E-state index is -0.0903. The van der Waals surface area contributed by atoms with Crippen molar-refractivity contribution in [3.63, 3.8) is 0 Å². The molecule has 36 heavy (non-hydrogen) atoms. The normalized spacial score (nSPS) is 11.8. The summed E-state index contributed by atoms with van der Waals surface area (Å²) >= 11 is 0. The van der Waals surface area contributed by atoms with Gasteiger partial charge in [0.05, 0.1) is 0 Å². The summed E-state index contributed by atoms with van der Waals surface area (Å²) in [5.74, 6) is 0.694. The van der Waals surface area contributed by atoms with Gasteiger partial charge in [0.1, 0.15) is 0 Å². The van der Waals surface area contributed by atoms with Gasteiger partial charge in [0.25, 0.3) is 0 Å². The van der Waals surface area contributed by atoms with Gasteiger partial charge >= 0.3 is 6.03 Å². The highest BCUT2D eigenvalue weighted by Crippen LogP contribution is 2.36. The number of hydrogen-bond donors (Lipinski definition) is 2. The highest BCUT2D eigenvalue weighted by molar-refractivity contribution is 5.91. The van der Waals surface area contributed by atoms with Crippen LogP contribution in [0.5, 0.6) is 0 Å². The fourth-order valence-corrected chi connectivity index (χ4v) is 5.37. The maximum atomic E-state index is 13.4. The lowest BCUT2D eigenvalue weighted by molar-refractivity contribution is 0.244. The van der Waals surface area contributed by atoms with E-state index in [-0.39, 0.29) is 11.4 Å². The second kappa shape index (κ2) is 15.7. The molecule has 0 aromatic heterocycles. The van der Waals surface area contributed by atoms with Crippen molar-refractivity contribution in [2.24, 2.45) is 0 Å². The quantitative estimate of drug-likeness (QED) is 0.225. The Morgan fingerprint density at radius 3 is 1.72 bits per heavy atom. The summed E-state index contributed by atoms with van der Waals surface area (Å²) in [4.78, 5) is 13.4. The van der Waals surface area contributed by atoms with E-state index in [2.05, 4.69) is 101 Å². The van der Waals surface area contributed by atoms with Crippen molar-refractivity contribution in [2.45, 2.75) is 123 Å². The van der Waals surface area contributed by atoms with Crippen molar-refractivity contribution in [3.8, 4) is 0 Å². The topological polar surface area (TPSA) is 41.1 Å². The van der Waals surface area contributed by atoms with Crippen LogP contribution in [0.2, 0.25) is 0 Å². The minimum absolute atomic E-state index is 0.0292. The highest BCUT2D eigenvalue weighted by atomic mass is 16.2. The SMILES string of the molecule is CCCCCCC(CCCCCC)(CNC(=O)Nc1c(C(C)C)cccc1C(C)C)c1ccccc1. The molecule has 0 bridgehead atoms. The Kier molecular flexibility index (Phi) is 13.1. The van der Waals surface area contributed by atoms with Gasteiger partial charge in [-0.3, -0.25) is 0 Å². The molecule has 0 heterocycles. The fourth-order valence-electron chi connectivity index (χ4n) is 5.37. The third-order valence-corrected chi connectivity index (χ3v) is 7.60. The molecule has 2 amide bonds. The molecule has 0 fully saturated rings. The summed E-state index contributed by atoms with van der Waals surface area (Å²) in [5.41, 5.74) is 4.72. The molecular formula is C33H52N2O. The second-order valence-corrected chi connectivity index (χ2v) is 11.2. The van der Waals surface area contributed by atoms with E-state index in [0.29, 0.717) is 18.4 Å². The van der Waals surface area contributed by atoms with Gasteiger partial charge < -0.3 is 10.6 Å². The summed E-state index contributed by atoms with van der Waals surface area (Å²) in [7, 11) is 0. The van der Waals surface area contributed by atoms with E-state index in [1.54, 1.807) is 0 Å². The number of unbranched alkanes of at least 4 members (excludes halogenated alkanes) is 6. The standard InChI is InChI=1S/C33H52N2O/c1-7-9-11-16-23-33(24-17-12-10-8-2,28-19-14-13-15-20-28)25-34-32(36)35-31-29(26(3)4)21-18-22-30(31)27(5)6/h13-15,18-22,26-27H,7-12,16-17,23-25H2,1-6H3,(H2,34,35,36). The van der Waals surface area contributed by atoms with E-state index in [4.69, 9.17) is 0 Å². The van der Waals surface area contributed by atoms with Crippen molar-refractivity contribution in [1.82, 2.24) is 5.32 Å². The van der Waals surface area contributed by atoms with Gasteiger partial charge in [-0.25, -0.2) is 4.79 Å². The summed E-state index contributed by atoms with van der Waals surface area (Å²) in [6.07, 6.45) is 12.2. The first-order chi connectivity index (χ1) is 17.3. The minimum Gasteiger partial charge on any atom is -0.337 e. The number of hydrogen-bond acceptors (Lipinski definition) is 1. The molecule has 0 saturated carbocycles. The van der Waals surface area contributed by atoms with Crippen molar-refractivity contribution < 1.29 is 4.79 Å². The monoisotopic (exact) mass is 492 g/mol. The van der Waals surface area contributed by atoms with Crippen LogP contribution >= 0.6 is 0 Å². The lowest BCUT2D eigenvalue weighted by atomic mass is 9.72. The van der Waals surface area contributed by atoms with E-state index >= 15 is 0 Å². The van der Waals surface area contributed by atoms with Gasteiger partial charge in [0.15, 0.2) is 0 Å². The van der Waals surface area contributed by atoms with Crippen LogP contribution in [-0.4, -0.2) is 12.6 Å². The number of nitrogens with one attached hydrogen (secondary N) is 2. The van der Waals surface area contributed by atoms with Crippen LogP contribution in [0, 0.1) is 0 Å². The number of urea groups is 1. The number of anilines is 1. The molecule has 2 rings (SSSR count). The predicted octanol–water partition coefficient (Wildman–Crippen LogP) is 9.93. The summed E-state index contributed by atoms with van der Waals surface area (Å²) in [5, 5.41) is 6.60. The van der Waals surface area contributed by atoms with E-state index in [9.17, 15) is 4.79 Å². The van der Waals surface area contributed by atoms with E-state index in [1.807, 2.05) is 0 Å². The first kappa shape index (κ1) is 29.9. The van der Waals surface area contributed by atoms with Crippen molar-refractivity contribution in [2.75, 3.05) is 11.9 Å². The van der Waals surface area contributed by atoms with Crippen LogP contribution in [0.3, 0.4) is 0 Å². The number of carbonyl (C=O) groups excluding carboxylic acids is 1. The zero-order chi connectivity index (χ0) is 26.4. The molecule has 2 aromatic rings. The van der Waals surface area contributed by atoms with Crippen LogP contribution in [-0.2, 0) is 5.41 Å². The number of para-hydroxylation sites is 1. The van der Waals surface area contributed by atoms with E-state index in [1.165, 1.54) is 68.1 Å². The van der Waals surface area contributed by atoms with Gasteiger partial charge in [-0.1, -0.05) is 141 Å². The van der Waals surface area contributed by atoms with Crippen molar-refractivity contribution in [3.05, 3.63) is 65.2 Å². The van der Waals surface area contributed by atoms with Crippen LogP contribution in [0.4, 0.5) is 10.5 Å². The van der Waals surface area contributed by atoms with E-state index < -0.39 is 0 Å². The lowest BCUT2D eigenvalue weighted by Crippen LogP contribution is -2.43. The Hall–Kier alpha value is -2.29. The summed E-state index contributed by atoms with van der Waals surface area (Å²) in [6, 6.07) is 17.2. The number of rotatable bonds is 16. The average molecular weight is 493 g/mol. The predicted molar refractivity (Wildman–Crippen MR) is 157 cm³/mol. The summed E-state index contributed by atoms with van der Waals surface area (Å²) < 4.78 is 0. The zero-order valence-corrected chi connectivity index (χ0v) is 24.0. The van der Waals surface area contributed by atoms with Crippen molar-refractivity contribution >= 4 is 11.7 Å². The maximum absolute atomic E-state index is 13.4. The van der Waals surface area contributed by atoms with Gasteiger partial charge in [-0.2, -0.15) is 0 Å². The Balaban J connectivity index is 2.27. The molecular weight excluding hydrogens is 440 g/mol. The Labute approximate surface area is 221 Å². The molecule has 200 valence electrons. The Bertz CT molecular complexity index is 850. The van der Waals surface area contributed by atoms with Crippen LogP contribution in [0.15, 0.2) is 48.5 Å². The Morgan fingerprint density at radius 2 is 1.25 bits per heavy atom. The molecule has 0 aliphatic heterocycles. The number of amides is 2.